The quantitative estimate of drug-likeness (QED) is 0.901. The third-order valence-corrected chi connectivity index (χ3v) is 3.76. The van der Waals surface area contributed by atoms with E-state index in [1.807, 2.05) is 0 Å². The van der Waals surface area contributed by atoms with Crippen LogP contribution in [0.15, 0.2) is 18.2 Å². The zero-order valence-corrected chi connectivity index (χ0v) is 11.6. The van der Waals surface area contributed by atoms with Gasteiger partial charge in [0.05, 0.1) is 13.5 Å². The van der Waals surface area contributed by atoms with E-state index in [-0.39, 0.29) is 18.2 Å². The Morgan fingerprint density at radius 1 is 1.40 bits per heavy atom. The number of carboxylic acids is 1. The van der Waals surface area contributed by atoms with Gasteiger partial charge in [0.2, 0.25) is 0 Å². The largest absolute Gasteiger partial charge is 0.494 e. The Morgan fingerprint density at radius 3 is 2.65 bits per heavy atom. The fourth-order valence-corrected chi connectivity index (χ4v) is 2.74. The van der Waals surface area contributed by atoms with Gasteiger partial charge >= 0.3 is 5.97 Å². The van der Waals surface area contributed by atoms with E-state index in [0.717, 1.165) is 25.9 Å². The number of carbonyl (C=O) groups is 1. The molecule has 0 bridgehead atoms. The van der Waals surface area contributed by atoms with Gasteiger partial charge in [0, 0.05) is 6.04 Å². The van der Waals surface area contributed by atoms with Gasteiger partial charge in [-0.15, -0.1) is 0 Å². The summed E-state index contributed by atoms with van der Waals surface area (Å²) in [5.74, 6) is -1.13. The van der Waals surface area contributed by atoms with Crippen LogP contribution in [-0.2, 0) is 4.79 Å². The van der Waals surface area contributed by atoms with E-state index in [0.29, 0.717) is 5.56 Å². The lowest BCUT2D eigenvalue weighted by molar-refractivity contribution is -0.138. The van der Waals surface area contributed by atoms with Crippen LogP contribution < -0.4 is 4.74 Å². The van der Waals surface area contributed by atoms with E-state index in [1.54, 1.807) is 12.1 Å². The maximum Gasteiger partial charge on any atom is 0.305 e. The Morgan fingerprint density at radius 2 is 2.10 bits per heavy atom. The van der Waals surface area contributed by atoms with Crippen LogP contribution in [-0.4, -0.2) is 36.2 Å². The highest BCUT2D eigenvalue weighted by Gasteiger charge is 2.25. The molecule has 0 radical (unpaired) electrons. The lowest BCUT2D eigenvalue weighted by Crippen LogP contribution is -2.35. The molecule has 0 saturated carbocycles. The van der Waals surface area contributed by atoms with Crippen LogP contribution in [0.4, 0.5) is 4.39 Å². The normalized spacial score (nSPS) is 17.7. The number of rotatable bonds is 5. The molecule has 0 aromatic heterocycles. The average Bonchev–Trinajstić information content (AvgIpc) is 2.45. The number of ether oxygens (including phenoxy) is 1. The fourth-order valence-electron chi connectivity index (χ4n) is 2.74. The van der Waals surface area contributed by atoms with Crippen LogP contribution >= 0.6 is 0 Å². The highest BCUT2D eigenvalue weighted by atomic mass is 19.1. The molecule has 1 heterocycles. The van der Waals surface area contributed by atoms with E-state index in [1.165, 1.54) is 19.6 Å². The minimum atomic E-state index is -0.864. The number of hydrogen-bond donors (Lipinski definition) is 1. The molecule has 20 heavy (non-hydrogen) atoms. The van der Waals surface area contributed by atoms with Crippen molar-refractivity contribution in [2.45, 2.75) is 31.7 Å². The molecule has 2 rings (SSSR count). The molecule has 1 saturated heterocycles. The number of piperidine rings is 1. The summed E-state index contributed by atoms with van der Waals surface area (Å²) in [6, 6.07) is 4.43. The molecule has 0 amide bonds. The van der Waals surface area contributed by atoms with Crippen molar-refractivity contribution in [3.63, 3.8) is 0 Å². The van der Waals surface area contributed by atoms with Crippen LogP contribution in [0.1, 0.15) is 37.3 Å². The standard InChI is InChI=1S/C15H20FNO3/c1-20-14-6-5-11(9-12(14)16)13(10-15(18)19)17-7-3-2-4-8-17/h5-6,9,13H,2-4,7-8,10H2,1H3,(H,18,19). The number of methoxy groups -OCH3 is 1. The predicted molar refractivity (Wildman–Crippen MR) is 73.4 cm³/mol. The minimum Gasteiger partial charge on any atom is -0.494 e. The summed E-state index contributed by atoms with van der Waals surface area (Å²) in [5, 5.41) is 9.10. The smallest absolute Gasteiger partial charge is 0.305 e. The van der Waals surface area contributed by atoms with Gasteiger partial charge in [-0.3, -0.25) is 9.69 Å². The molecule has 1 aromatic carbocycles. The second kappa shape index (κ2) is 6.70. The van der Waals surface area contributed by atoms with Crippen LogP contribution in [0.3, 0.4) is 0 Å². The molecule has 1 aliphatic heterocycles. The van der Waals surface area contributed by atoms with Crippen LogP contribution in [0, 0.1) is 5.82 Å². The summed E-state index contributed by atoms with van der Waals surface area (Å²) in [5.41, 5.74) is 0.701. The van der Waals surface area contributed by atoms with Gasteiger partial charge in [0.25, 0.3) is 0 Å². The highest BCUT2D eigenvalue weighted by Crippen LogP contribution is 2.30. The first kappa shape index (κ1) is 14.8. The van der Waals surface area contributed by atoms with Gasteiger partial charge in [0.1, 0.15) is 0 Å². The van der Waals surface area contributed by atoms with E-state index in [9.17, 15) is 9.18 Å². The number of halogens is 1. The summed E-state index contributed by atoms with van der Waals surface area (Å²) >= 11 is 0. The van der Waals surface area contributed by atoms with Crippen molar-refractivity contribution in [1.82, 2.24) is 4.90 Å². The van der Waals surface area contributed by atoms with E-state index in [4.69, 9.17) is 9.84 Å². The summed E-state index contributed by atoms with van der Waals surface area (Å²) < 4.78 is 18.7. The van der Waals surface area contributed by atoms with E-state index in [2.05, 4.69) is 4.90 Å². The molecule has 110 valence electrons. The number of benzene rings is 1. The predicted octanol–water partition coefficient (Wildman–Crippen LogP) is 2.84. The van der Waals surface area contributed by atoms with Gasteiger partial charge in [0.15, 0.2) is 11.6 Å². The Kier molecular flexibility index (Phi) is 4.95. The molecule has 1 fully saturated rings. The number of carboxylic acid groups (broad SMARTS) is 1. The fraction of sp³-hybridized carbons (Fsp3) is 0.533. The Balaban J connectivity index is 2.25. The first-order valence-corrected chi connectivity index (χ1v) is 6.91. The number of nitrogens with zero attached hydrogens (tertiary/aromatic N) is 1. The van der Waals surface area contributed by atoms with Gasteiger partial charge in [-0.2, -0.15) is 0 Å². The second-order valence-corrected chi connectivity index (χ2v) is 5.10. The van der Waals surface area contributed by atoms with E-state index >= 15 is 0 Å². The van der Waals surface area contributed by atoms with Crippen LogP contribution in [0.25, 0.3) is 0 Å². The topological polar surface area (TPSA) is 49.8 Å². The maximum absolute atomic E-state index is 13.8. The summed E-state index contributed by atoms with van der Waals surface area (Å²) in [6.07, 6.45) is 3.29. The molecule has 4 nitrogen and oxygen atoms in total. The van der Waals surface area contributed by atoms with Crippen molar-refractivity contribution in [3.05, 3.63) is 29.6 Å². The molecule has 5 heteroatoms. The number of hydrogen-bond acceptors (Lipinski definition) is 3. The van der Waals surface area contributed by atoms with Crippen molar-refractivity contribution >= 4 is 5.97 Å². The Labute approximate surface area is 118 Å². The summed E-state index contributed by atoms with van der Waals surface area (Å²) in [6.45, 7) is 1.73. The minimum absolute atomic E-state index is 0.00817. The summed E-state index contributed by atoms with van der Waals surface area (Å²) in [7, 11) is 1.41. The number of aliphatic carboxylic acids is 1. The van der Waals surface area contributed by atoms with E-state index < -0.39 is 11.8 Å². The molecular weight excluding hydrogens is 261 g/mol. The monoisotopic (exact) mass is 281 g/mol. The average molecular weight is 281 g/mol. The third-order valence-electron chi connectivity index (χ3n) is 3.76. The van der Waals surface area contributed by atoms with Crippen molar-refractivity contribution in [2.75, 3.05) is 20.2 Å². The van der Waals surface area contributed by atoms with Crippen molar-refractivity contribution < 1.29 is 19.0 Å². The molecule has 1 unspecified atom stereocenters. The zero-order valence-electron chi connectivity index (χ0n) is 11.6. The molecule has 1 aliphatic rings. The molecule has 1 aromatic rings. The molecule has 0 aliphatic carbocycles. The third kappa shape index (κ3) is 3.48. The lowest BCUT2D eigenvalue weighted by Gasteiger charge is -2.34. The first-order valence-electron chi connectivity index (χ1n) is 6.91. The highest BCUT2D eigenvalue weighted by molar-refractivity contribution is 5.68. The number of likely N-dealkylation sites (tertiary alicyclic amines) is 1. The van der Waals surface area contributed by atoms with Crippen LogP contribution in [0.2, 0.25) is 0 Å². The van der Waals surface area contributed by atoms with Crippen LogP contribution in [0.5, 0.6) is 5.75 Å². The second-order valence-electron chi connectivity index (χ2n) is 5.10. The lowest BCUT2D eigenvalue weighted by atomic mass is 9.98. The van der Waals surface area contributed by atoms with Gasteiger partial charge in [-0.1, -0.05) is 12.5 Å². The maximum atomic E-state index is 13.8. The Hall–Kier alpha value is -1.62. The van der Waals surface area contributed by atoms with Crippen molar-refractivity contribution in [3.8, 4) is 5.75 Å². The molecule has 1 atom stereocenters. The van der Waals surface area contributed by atoms with Crippen molar-refractivity contribution in [2.24, 2.45) is 0 Å². The SMILES string of the molecule is COc1ccc(C(CC(=O)O)N2CCCCC2)cc1F. The molecule has 1 N–H and O–H groups in total. The zero-order chi connectivity index (χ0) is 14.5. The van der Waals surface area contributed by atoms with Gasteiger partial charge in [-0.05, 0) is 43.6 Å². The Bertz CT molecular complexity index is 472. The first-order chi connectivity index (χ1) is 9.61. The summed E-state index contributed by atoms with van der Waals surface area (Å²) in [4.78, 5) is 13.2. The van der Waals surface area contributed by atoms with Crippen molar-refractivity contribution in [1.29, 1.82) is 0 Å². The van der Waals surface area contributed by atoms with Gasteiger partial charge in [-0.25, -0.2) is 4.39 Å². The molecular formula is C15H20FNO3. The van der Waals surface area contributed by atoms with Gasteiger partial charge < -0.3 is 9.84 Å². The molecule has 0 spiro atoms.